The van der Waals surface area contributed by atoms with Gasteiger partial charge in [-0.15, -0.1) is 0 Å². The fourth-order valence-corrected chi connectivity index (χ4v) is 6.45. The molecule has 178 valence electrons. The molecule has 1 N–H and O–H groups in total. The van der Waals surface area contributed by atoms with Gasteiger partial charge in [-0.3, -0.25) is 4.79 Å². The van der Waals surface area contributed by atoms with E-state index in [2.05, 4.69) is 11.4 Å². The van der Waals surface area contributed by atoms with E-state index in [9.17, 15) is 26.4 Å². The second-order valence-corrected chi connectivity index (χ2v) is 10.7. The molecule has 34 heavy (non-hydrogen) atoms. The number of piperidine rings is 1. The lowest BCUT2D eigenvalue weighted by atomic mass is 9.96. The maximum atomic E-state index is 13.0. The molecule has 1 heterocycles. The summed E-state index contributed by atoms with van der Waals surface area (Å²) in [6.45, 7) is 0.140. The smallest absolute Gasteiger partial charge is 0.325 e. The number of halogens is 3. The molecule has 0 spiro atoms. The molecular weight excluding hydrogens is 465 g/mol. The molecule has 3 aromatic carbocycles. The largest absolute Gasteiger partial charge is 0.416 e. The summed E-state index contributed by atoms with van der Waals surface area (Å²) in [6, 6.07) is 13.8. The van der Waals surface area contributed by atoms with Gasteiger partial charge in [0.15, 0.2) is 0 Å². The van der Waals surface area contributed by atoms with Crippen molar-refractivity contribution in [1.29, 1.82) is 0 Å². The number of benzene rings is 3. The molecule has 0 saturated carbocycles. The van der Waals surface area contributed by atoms with Crippen LogP contribution in [0.5, 0.6) is 0 Å². The van der Waals surface area contributed by atoms with Crippen LogP contribution in [0.1, 0.15) is 29.5 Å². The molecule has 1 aliphatic heterocycles. The second-order valence-electron chi connectivity index (χ2n) is 8.81. The van der Waals surface area contributed by atoms with Gasteiger partial charge in [0.05, 0.1) is 10.5 Å². The number of carbonyl (C=O) groups excluding carboxylic acids is 1. The molecule has 5 nitrogen and oxygen atoms in total. The maximum absolute atomic E-state index is 13.0. The van der Waals surface area contributed by atoms with Crippen LogP contribution in [0.15, 0.2) is 59.5 Å². The molecule has 9 heteroatoms. The van der Waals surface area contributed by atoms with Gasteiger partial charge < -0.3 is 5.32 Å². The first-order valence-corrected chi connectivity index (χ1v) is 12.6. The number of hydrogen-bond donors (Lipinski definition) is 1. The highest BCUT2D eigenvalue weighted by atomic mass is 32.2. The molecule has 5 rings (SSSR count). The van der Waals surface area contributed by atoms with Crippen LogP contribution in [0.2, 0.25) is 0 Å². The Balaban J connectivity index is 1.28. The van der Waals surface area contributed by atoms with Crippen LogP contribution >= 0.6 is 0 Å². The third-order valence-electron chi connectivity index (χ3n) is 6.76. The number of nitrogens with one attached hydrogen (secondary N) is 1. The van der Waals surface area contributed by atoms with Gasteiger partial charge in [0, 0.05) is 30.1 Å². The number of nitrogens with zero attached hydrogens (tertiary/aromatic N) is 1. The molecule has 1 aliphatic carbocycles. The summed E-state index contributed by atoms with van der Waals surface area (Å²) < 4.78 is 66.0. The average molecular weight is 489 g/mol. The summed E-state index contributed by atoms with van der Waals surface area (Å²) >= 11 is 0. The number of aryl methyl sites for hydroxylation is 2. The lowest BCUT2D eigenvalue weighted by molar-refractivity contribution is -0.137. The predicted octanol–water partition coefficient (Wildman–Crippen LogP) is 5.00. The van der Waals surface area contributed by atoms with E-state index in [1.54, 1.807) is 0 Å². The molecule has 1 fully saturated rings. The van der Waals surface area contributed by atoms with Crippen molar-refractivity contribution in [1.82, 2.24) is 4.31 Å². The standard InChI is InChI=1S/C25H23F3N2O3S/c26-25(27,28)19-4-2-5-20(15-19)34(32,33)30-13-11-18(12-14-30)24(31)29-22-10-9-17-8-7-16-3-1-6-21(22)23(16)17/h1-6,9-10,15,18H,7-8,11-14H2,(H,29,31). The van der Waals surface area contributed by atoms with Crippen LogP contribution in [0.25, 0.3) is 10.8 Å². The van der Waals surface area contributed by atoms with E-state index in [1.165, 1.54) is 22.6 Å². The van der Waals surface area contributed by atoms with Crippen molar-refractivity contribution >= 4 is 32.4 Å². The highest BCUT2D eigenvalue weighted by molar-refractivity contribution is 7.89. The van der Waals surface area contributed by atoms with Crippen LogP contribution in [0, 0.1) is 5.92 Å². The Morgan fingerprint density at radius 3 is 2.32 bits per heavy atom. The summed E-state index contributed by atoms with van der Waals surface area (Å²) in [6.07, 6.45) is -2.05. The Labute approximate surface area is 195 Å². The van der Waals surface area contributed by atoms with E-state index in [-0.39, 0.29) is 24.9 Å². The monoisotopic (exact) mass is 488 g/mol. The van der Waals surface area contributed by atoms with Crippen LogP contribution in [-0.4, -0.2) is 31.7 Å². The van der Waals surface area contributed by atoms with Gasteiger partial charge in [0.25, 0.3) is 0 Å². The van der Waals surface area contributed by atoms with Crippen molar-refractivity contribution in [2.24, 2.45) is 5.92 Å². The van der Waals surface area contributed by atoms with Crippen LogP contribution in [0.3, 0.4) is 0 Å². The minimum absolute atomic E-state index is 0.0699. The van der Waals surface area contributed by atoms with E-state index in [1.807, 2.05) is 24.3 Å². The minimum Gasteiger partial charge on any atom is -0.325 e. The Hall–Kier alpha value is -2.91. The molecule has 1 saturated heterocycles. The molecule has 3 aromatic rings. The number of amides is 1. The number of anilines is 1. The summed E-state index contributed by atoms with van der Waals surface area (Å²) in [5.74, 6) is -0.550. The zero-order chi connectivity index (χ0) is 24.1. The fraction of sp³-hybridized carbons (Fsp3) is 0.320. The lowest BCUT2D eigenvalue weighted by Gasteiger charge is -2.30. The Morgan fingerprint density at radius 1 is 0.941 bits per heavy atom. The molecule has 0 aromatic heterocycles. The van der Waals surface area contributed by atoms with Gasteiger partial charge in [-0.05, 0) is 66.5 Å². The van der Waals surface area contributed by atoms with Gasteiger partial charge in [0.1, 0.15) is 0 Å². The van der Waals surface area contributed by atoms with Gasteiger partial charge in [-0.25, -0.2) is 8.42 Å². The third kappa shape index (κ3) is 4.07. The van der Waals surface area contributed by atoms with Crippen LogP contribution < -0.4 is 5.32 Å². The molecular formula is C25H23F3N2O3S. The quantitative estimate of drug-likeness (QED) is 0.562. The molecule has 0 radical (unpaired) electrons. The van der Waals surface area contributed by atoms with Gasteiger partial charge in [0.2, 0.25) is 15.9 Å². The number of carbonyl (C=O) groups is 1. The SMILES string of the molecule is O=C(Nc1ccc2c3c(cccc13)CC2)C1CCN(S(=O)(=O)c2cccc(C(F)(F)F)c2)CC1. The third-order valence-corrected chi connectivity index (χ3v) is 8.65. The van der Waals surface area contributed by atoms with Crippen molar-refractivity contribution in [2.75, 3.05) is 18.4 Å². The van der Waals surface area contributed by atoms with Gasteiger partial charge >= 0.3 is 6.18 Å². The van der Waals surface area contributed by atoms with E-state index in [0.717, 1.165) is 40.4 Å². The highest BCUT2D eigenvalue weighted by Gasteiger charge is 2.35. The first-order valence-electron chi connectivity index (χ1n) is 11.2. The van der Waals surface area contributed by atoms with E-state index in [4.69, 9.17) is 0 Å². The van der Waals surface area contributed by atoms with Crippen molar-refractivity contribution in [2.45, 2.75) is 36.8 Å². The normalized spacial score (nSPS) is 17.3. The number of sulfonamides is 1. The van der Waals surface area contributed by atoms with Crippen molar-refractivity contribution in [3.8, 4) is 0 Å². The summed E-state index contributed by atoms with van der Waals surface area (Å²) in [7, 11) is -4.08. The Bertz CT molecular complexity index is 1370. The lowest BCUT2D eigenvalue weighted by Crippen LogP contribution is -2.41. The van der Waals surface area contributed by atoms with Crippen molar-refractivity contribution in [3.05, 3.63) is 71.3 Å². The molecule has 0 atom stereocenters. The minimum atomic E-state index is -4.63. The molecule has 1 amide bonds. The summed E-state index contributed by atoms with van der Waals surface area (Å²) in [5.41, 5.74) is 2.29. The number of rotatable bonds is 4. The van der Waals surface area contributed by atoms with Crippen molar-refractivity contribution in [3.63, 3.8) is 0 Å². The van der Waals surface area contributed by atoms with E-state index >= 15 is 0 Å². The highest BCUT2D eigenvalue weighted by Crippen LogP contribution is 2.36. The van der Waals surface area contributed by atoms with E-state index < -0.39 is 26.7 Å². The summed E-state index contributed by atoms with van der Waals surface area (Å²) in [4.78, 5) is 12.6. The van der Waals surface area contributed by atoms with Gasteiger partial charge in [-0.2, -0.15) is 17.5 Å². The zero-order valence-corrected chi connectivity index (χ0v) is 19.0. The molecule has 0 bridgehead atoms. The first kappa shape index (κ1) is 22.9. The molecule has 0 unspecified atom stereocenters. The zero-order valence-electron chi connectivity index (χ0n) is 18.2. The summed E-state index contributed by atoms with van der Waals surface area (Å²) in [5, 5.41) is 5.22. The number of hydrogen-bond acceptors (Lipinski definition) is 3. The maximum Gasteiger partial charge on any atom is 0.416 e. The topological polar surface area (TPSA) is 66.5 Å². The average Bonchev–Trinajstić information content (AvgIpc) is 3.25. The van der Waals surface area contributed by atoms with Gasteiger partial charge in [-0.1, -0.05) is 30.3 Å². The first-order chi connectivity index (χ1) is 16.1. The second kappa shape index (κ2) is 8.39. The predicted molar refractivity (Wildman–Crippen MR) is 123 cm³/mol. The molecule has 2 aliphatic rings. The Morgan fingerprint density at radius 2 is 1.62 bits per heavy atom. The van der Waals surface area contributed by atoms with Crippen LogP contribution in [-0.2, 0) is 33.8 Å². The van der Waals surface area contributed by atoms with Crippen LogP contribution in [0.4, 0.5) is 18.9 Å². The number of alkyl halides is 3. The van der Waals surface area contributed by atoms with E-state index in [0.29, 0.717) is 18.9 Å². The Kier molecular flexibility index (Phi) is 5.64. The van der Waals surface area contributed by atoms with Crippen molar-refractivity contribution < 1.29 is 26.4 Å². The fourth-order valence-electron chi connectivity index (χ4n) is 4.93.